The highest BCUT2D eigenvalue weighted by Crippen LogP contribution is 2.26. The molecule has 0 spiro atoms. The van der Waals surface area contributed by atoms with Crippen molar-refractivity contribution in [1.82, 2.24) is 0 Å². The van der Waals surface area contributed by atoms with Crippen LogP contribution in [0.15, 0.2) is 40.9 Å². The molecule has 0 atom stereocenters. The van der Waals surface area contributed by atoms with Gasteiger partial charge in [-0.1, -0.05) is 29.3 Å². The largest absolute Gasteiger partial charge is 0.478 e. The van der Waals surface area contributed by atoms with Crippen LogP contribution in [0.4, 0.5) is 5.69 Å². The molecule has 0 aliphatic carbocycles. The van der Waals surface area contributed by atoms with E-state index in [2.05, 4.69) is 21.2 Å². The summed E-state index contributed by atoms with van der Waals surface area (Å²) < 4.78 is 0.629. The van der Waals surface area contributed by atoms with Gasteiger partial charge in [-0.3, -0.25) is 4.79 Å². The molecule has 0 saturated carbocycles. The highest BCUT2D eigenvalue weighted by Gasteiger charge is 2.18. The Kier molecular flexibility index (Phi) is 4.65. The zero-order chi connectivity index (χ0) is 15.6. The fraction of sp³-hybridized carbons (Fsp3) is 0.0667. The molecule has 0 saturated heterocycles. The molecular weight excluding hydrogens is 358 g/mol. The van der Waals surface area contributed by atoms with Gasteiger partial charge in [0.05, 0.1) is 16.3 Å². The van der Waals surface area contributed by atoms with Crippen LogP contribution in [0.1, 0.15) is 26.3 Å². The molecule has 2 N–H and O–H groups in total. The van der Waals surface area contributed by atoms with Crippen molar-refractivity contribution < 1.29 is 14.7 Å². The maximum atomic E-state index is 12.3. The molecule has 0 fully saturated rings. The molecule has 2 aromatic carbocycles. The van der Waals surface area contributed by atoms with Gasteiger partial charge in [-0.25, -0.2) is 4.79 Å². The number of rotatable bonds is 3. The van der Waals surface area contributed by atoms with Crippen LogP contribution in [-0.4, -0.2) is 17.0 Å². The van der Waals surface area contributed by atoms with Gasteiger partial charge in [-0.2, -0.15) is 0 Å². The number of carboxylic acid groups (broad SMARTS) is 1. The van der Waals surface area contributed by atoms with Crippen molar-refractivity contribution in [2.75, 3.05) is 5.32 Å². The molecule has 21 heavy (non-hydrogen) atoms. The van der Waals surface area contributed by atoms with Crippen molar-refractivity contribution >= 4 is 45.1 Å². The molecular formula is C15H11BrClNO3. The van der Waals surface area contributed by atoms with Crippen molar-refractivity contribution in [2.24, 2.45) is 0 Å². The van der Waals surface area contributed by atoms with Crippen molar-refractivity contribution in [2.45, 2.75) is 6.92 Å². The zero-order valence-electron chi connectivity index (χ0n) is 11.0. The minimum Gasteiger partial charge on any atom is -0.478 e. The van der Waals surface area contributed by atoms with Crippen molar-refractivity contribution in [3.05, 3.63) is 62.6 Å². The monoisotopic (exact) mass is 367 g/mol. The second kappa shape index (κ2) is 6.28. The van der Waals surface area contributed by atoms with Crippen LogP contribution in [0.2, 0.25) is 5.02 Å². The number of carbonyl (C=O) groups is 2. The van der Waals surface area contributed by atoms with Gasteiger partial charge >= 0.3 is 5.97 Å². The van der Waals surface area contributed by atoms with E-state index in [1.807, 2.05) is 13.0 Å². The summed E-state index contributed by atoms with van der Waals surface area (Å²) >= 11 is 9.17. The average molecular weight is 369 g/mol. The number of aromatic carboxylic acids is 1. The lowest BCUT2D eigenvalue weighted by molar-refractivity contribution is 0.0698. The molecule has 4 nitrogen and oxygen atoms in total. The SMILES string of the molecule is Cc1ccc(Br)c(C(=O)Nc2cccc(Cl)c2C(=O)O)c1. The molecule has 0 aliphatic heterocycles. The summed E-state index contributed by atoms with van der Waals surface area (Å²) in [6.07, 6.45) is 0. The lowest BCUT2D eigenvalue weighted by Crippen LogP contribution is -2.15. The molecule has 1 amide bonds. The first-order chi connectivity index (χ1) is 9.90. The smallest absolute Gasteiger partial charge is 0.339 e. The minimum atomic E-state index is -1.20. The Balaban J connectivity index is 2.39. The Bertz CT molecular complexity index is 731. The fourth-order valence-corrected chi connectivity index (χ4v) is 2.53. The number of amides is 1. The van der Waals surface area contributed by atoms with Gasteiger partial charge in [0.15, 0.2) is 0 Å². The fourth-order valence-electron chi connectivity index (χ4n) is 1.85. The Morgan fingerprint density at radius 2 is 1.95 bits per heavy atom. The van der Waals surface area contributed by atoms with Crippen LogP contribution in [0.5, 0.6) is 0 Å². The van der Waals surface area contributed by atoms with Gasteiger partial charge in [-0.15, -0.1) is 0 Å². The molecule has 0 aromatic heterocycles. The second-order valence-electron chi connectivity index (χ2n) is 4.40. The van der Waals surface area contributed by atoms with E-state index in [1.165, 1.54) is 12.1 Å². The van der Waals surface area contributed by atoms with Crippen LogP contribution in [-0.2, 0) is 0 Å². The molecule has 0 aliphatic rings. The van der Waals surface area contributed by atoms with Crippen molar-refractivity contribution in [1.29, 1.82) is 0 Å². The Morgan fingerprint density at radius 1 is 1.24 bits per heavy atom. The number of hydrogen-bond donors (Lipinski definition) is 2. The molecule has 2 rings (SSSR count). The Labute approximate surface area is 134 Å². The van der Waals surface area contributed by atoms with Crippen LogP contribution in [0.25, 0.3) is 0 Å². The quantitative estimate of drug-likeness (QED) is 0.846. The number of carboxylic acids is 1. The number of anilines is 1. The first-order valence-corrected chi connectivity index (χ1v) is 7.16. The maximum absolute atomic E-state index is 12.3. The van der Waals surface area contributed by atoms with E-state index in [1.54, 1.807) is 18.2 Å². The molecule has 108 valence electrons. The van der Waals surface area contributed by atoms with Crippen LogP contribution < -0.4 is 5.32 Å². The summed E-state index contributed by atoms with van der Waals surface area (Å²) in [5.41, 5.74) is 1.38. The van der Waals surface area contributed by atoms with Gasteiger partial charge in [0.25, 0.3) is 5.91 Å². The molecule has 6 heteroatoms. The van der Waals surface area contributed by atoms with Crippen molar-refractivity contribution in [3.8, 4) is 0 Å². The molecule has 0 heterocycles. The number of carbonyl (C=O) groups excluding carboxylic acids is 1. The average Bonchev–Trinajstić information content (AvgIpc) is 2.41. The molecule has 0 radical (unpaired) electrons. The highest BCUT2D eigenvalue weighted by molar-refractivity contribution is 9.10. The molecule has 2 aromatic rings. The van der Waals surface area contributed by atoms with E-state index >= 15 is 0 Å². The summed E-state index contributed by atoms with van der Waals surface area (Å²) in [5.74, 6) is -1.60. The Hall–Kier alpha value is -1.85. The lowest BCUT2D eigenvalue weighted by Gasteiger charge is -2.11. The van der Waals surface area contributed by atoms with Crippen LogP contribution in [0, 0.1) is 6.92 Å². The van der Waals surface area contributed by atoms with Gasteiger partial charge < -0.3 is 10.4 Å². The normalized spacial score (nSPS) is 10.2. The van der Waals surface area contributed by atoms with E-state index in [0.29, 0.717) is 10.0 Å². The van der Waals surface area contributed by atoms with E-state index in [0.717, 1.165) is 5.56 Å². The standard InChI is InChI=1S/C15H11BrClNO3/c1-8-5-6-10(16)9(7-8)14(19)18-12-4-2-3-11(17)13(12)15(20)21/h2-7H,1H3,(H,18,19)(H,20,21). The topological polar surface area (TPSA) is 66.4 Å². The minimum absolute atomic E-state index is 0.0728. The zero-order valence-corrected chi connectivity index (χ0v) is 13.3. The Morgan fingerprint density at radius 3 is 2.62 bits per heavy atom. The van der Waals surface area contributed by atoms with Crippen LogP contribution in [0.3, 0.4) is 0 Å². The van der Waals surface area contributed by atoms with E-state index in [4.69, 9.17) is 11.6 Å². The molecule has 0 bridgehead atoms. The maximum Gasteiger partial charge on any atom is 0.339 e. The third kappa shape index (κ3) is 3.43. The van der Waals surface area contributed by atoms with Gasteiger partial charge in [-0.05, 0) is 47.1 Å². The van der Waals surface area contributed by atoms with Gasteiger partial charge in [0.2, 0.25) is 0 Å². The van der Waals surface area contributed by atoms with Gasteiger partial charge in [0.1, 0.15) is 5.56 Å². The number of hydrogen-bond acceptors (Lipinski definition) is 2. The second-order valence-corrected chi connectivity index (χ2v) is 5.67. The summed E-state index contributed by atoms with van der Waals surface area (Å²) in [6, 6.07) is 9.88. The first kappa shape index (κ1) is 15.5. The highest BCUT2D eigenvalue weighted by atomic mass is 79.9. The number of halogens is 2. The lowest BCUT2D eigenvalue weighted by atomic mass is 10.1. The third-order valence-electron chi connectivity index (χ3n) is 2.84. The predicted octanol–water partition coefficient (Wildman–Crippen LogP) is 4.36. The van der Waals surface area contributed by atoms with Crippen LogP contribution >= 0.6 is 27.5 Å². The predicted molar refractivity (Wildman–Crippen MR) is 85.2 cm³/mol. The number of benzene rings is 2. The molecule has 0 unspecified atom stereocenters. The third-order valence-corrected chi connectivity index (χ3v) is 3.85. The number of nitrogens with one attached hydrogen (secondary N) is 1. The summed E-state index contributed by atoms with van der Waals surface area (Å²) in [4.78, 5) is 23.5. The summed E-state index contributed by atoms with van der Waals surface area (Å²) in [5, 5.41) is 11.8. The number of aryl methyl sites for hydroxylation is 1. The van der Waals surface area contributed by atoms with E-state index < -0.39 is 11.9 Å². The van der Waals surface area contributed by atoms with Gasteiger partial charge in [0, 0.05) is 4.47 Å². The first-order valence-electron chi connectivity index (χ1n) is 5.99. The van der Waals surface area contributed by atoms with E-state index in [-0.39, 0.29) is 16.3 Å². The van der Waals surface area contributed by atoms with Crippen molar-refractivity contribution in [3.63, 3.8) is 0 Å². The summed E-state index contributed by atoms with van der Waals surface area (Å²) in [7, 11) is 0. The van der Waals surface area contributed by atoms with E-state index in [9.17, 15) is 14.7 Å². The summed E-state index contributed by atoms with van der Waals surface area (Å²) in [6.45, 7) is 1.87.